The summed E-state index contributed by atoms with van der Waals surface area (Å²) in [6, 6.07) is 18.9. The van der Waals surface area contributed by atoms with Gasteiger partial charge in [-0.2, -0.15) is 11.3 Å². The summed E-state index contributed by atoms with van der Waals surface area (Å²) in [5.74, 6) is 2.70. The maximum absolute atomic E-state index is 5.62. The molecule has 0 radical (unpaired) electrons. The summed E-state index contributed by atoms with van der Waals surface area (Å²) in [4.78, 5) is 7.30. The van der Waals surface area contributed by atoms with E-state index in [9.17, 15) is 0 Å². The highest BCUT2D eigenvalue weighted by molar-refractivity contribution is 7.08. The molecule has 0 fully saturated rings. The molecule has 1 aliphatic rings. The number of fused-ring (bicyclic) bond motifs is 1. The van der Waals surface area contributed by atoms with E-state index in [-0.39, 0.29) is 0 Å². The summed E-state index contributed by atoms with van der Waals surface area (Å²) >= 11 is 1.72. The van der Waals surface area contributed by atoms with Crippen LogP contribution in [-0.4, -0.2) is 27.8 Å². The van der Waals surface area contributed by atoms with Gasteiger partial charge in [-0.1, -0.05) is 61.9 Å². The third-order valence-corrected chi connectivity index (χ3v) is 6.85. The molecule has 5 nitrogen and oxygen atoms in total. The van der Waals surface area contributed by atoms with E-state index in [1.807, 2.05) is 12.3 Å². The van der Waals surface area contributed by atoms with Gasteiger partial charge in [0.15, 0.2) is 11.5 Å². The predicted octanol–water partition coefficient (Wildman–Crippen LogP) is 6.86. The maximum atomic E-state index is 5.62. The van der Waals surface area contributed by atoms with Crippen LogP contribution in [-0.2, 0) is 19.6 Å². The van der Waals surface area contributed by atoms with E-state index < -0.39 is 0 Å². The Balaban J connectivity index is 1.40. The van der Waals surface area contributed by atoms with Gasteiger partial charge in [-0.05, 0) is 46.5 Å². The van der Waals surface area contributed by atoms with Gasteiger partial charge < -0.3 is 14.0 Å². The molecule has 0 N–H and O–H groups in total. The zero-order chi connectivity index (χ0) is 23.9. The molecule has 35 heavy (non-hydrogen) atoms. The second-order valence-electron chi connectivity index (χ2n) is 8.76. The number of hydrogen-bond donors (Lipinski definition) is 0. The number of aromatic nitrogens is 2. The molecule has 0 aliphatic carbocycles. The summed E-state index contributed by atoms with van der Waals surface area (Å²) in [6.07, 6.45) is 8.78. The monoisotopic (exact) mass is 485 g/mol. The van der Waals surface area contributed by atoms with Crippen molar-refractivity contribution in [1.82, 2.24) is 14.5 Å². The summed E-state index contributed by atoms with van der Waals surface area (Å²) in [7, 11) is 0. The van der Waals surface area contributed by atoms with Crippen LogP contribution in [0.4, 0.5) is 0 Å². The largest absolute Gasteiger partial charge is 0.454 e. The van der Waals surface area contributed by atoms with Crippen LogP contribution >= 0.6 is 11.3 Å². The van der Waals surface area contributed by atoms with Crippen molar-refractivity contribution in [3.63, 3.8) is 0 Å². The standard InChI is InChI=1S/C29H31N3O2S/c1-2-3-15-32-26(18-30-29(32)25-9-5-4-6-10-25)20-31(14-7-8-23-13-16-35-21-23)19-24-11-12-27-28(17-24)34-22-33-27/h4-13,16-18,21H,2-3,14-15,19-20,22H2,1H3/b8-7+. The van der Waals surface area contributed by atoms with Crippen molar-refractivity contribution in [2.75, 3.05) is 13.3 Å². The molecule has 3 heterocycles. The summed E-state index contributed by atoms with van der Waals surface area (Å²) < 4.78 is 13.5. The first-order chi connectivity index (χ1) is 17.3. The Bertz CT molecular complexity index is 1250. The fraction of sp³-hybridized carbons (Fsp3) is 0.276. The SMILES string of the molecule is CCCCn1c(CN(C/C=C/c2ccsc2)Cc2ccc3c(c2)OCO3)cnc1-c1ccccc1. The Labute approximate surface area is 211 Å². The van der Waals surface area contributed by atoms with Crippen molar-refractivity contribution in [2.24, 2.45) is 0 Å². The van der Waals surface area contributed by atoms with E-state index in [0.29, 0.717) is 6.79 Å². The number of benzene rings is 2. The molecule has 0 saturated carbocycles. The molecular formula is C29H31N3O2S. The molecule has 2 aromatic heterocycles. The average molecular weight is 486 g/mol. The van der Waals surface area contributed by atoms with Crippen molar-refractivity contribution >= 4 is 17.4 Å². The Morgan fingerprint density at radius 2 is 1.94 bits per heavy atom. The van der Waals surface area contributed by atoms with Crippen LogP contribution in [0.5, 0.6) is 11.5 Å². The Kier molecular flexibility index (Phi) is 7.61. The van der Waals surface area contributed by atoms with Crippen molar-refractivity contribution in [1.29, 1.82) is 0 Å². The Hall–Kier alpha value is -3.35. The molecule has 2 aromatic carbocycles. The van der Waals surface area contributed by atoms with Gasteiger partial charge in [-0.25, -0.2) is 4.98 Å². The number of nitrogens with zero attached hydrogens (tertiary/aromatic N) is 3. The van der Waals surface area contributed by atoms with Crippen LogP contribution in [0, 0.1) is 0 Å². The molecule has 4 aromatic rings. The van der Waals surface area contributed by atoms with Crippen molar-refractivity contribution in [2.45, 2.75) is 39.4 Å². The minimum atomic E-state index is 0.296. The molecule has 0 amide bonds. The summed E-state index contributed by atoms with van der Waals surface area (Å²) in [6.45, 7) is 5.96. The number of thiophene rings is 1. The van der Waals surface area contributed by atoms with Crippen LogP contribution < -0.4 is 9.47 Å². The van der Waals surface area contributed by atoms with Gasteiger partial charge >= 0.3 is 0 Å². The molecule has 180 valence electrons. The minimum absolute atomic E-state index is 0.296. The molecule has 5 rings (SSSR count). The summed E-state index contributed by atoms with van der Waals surface area (Å²) in [5.41, 5.74) is 4.86. The first-order valence-corrected chi connectivity index (χ1v) is 13.1. The van der Waals surface area contributed by atoms with Gasteiger partial charge in [0, 0.05) is 31.7 Å². The lowest BCUT2D eigenvalue weighted by atomic mass is 10.1. The zero-order valence-electron chi connectivity index (χ0n) is 20.1. The zero-order valence-corrected chi connectivity index (χ0v) is 20.9. The molecule has 0 saturated heterocycles. The second kappa shape index (κ2) is 11.4. The number of imidazole rings is 1. The van der Waals surface area contributed by atoms with Gasteiger partial charge in [0.05, 0.1) is 11.9 Å². The van der Waals surface area contributed by atoms with E-state index in [2.05, 4.69) is 87.8 Å². The van der Waals surface area contributed by atoms with Gasteiger partial charge in [0.25, 0.3) is 0 Å². The molecule has 0 bridgehead atoms. The normalized spacial score (nSPS) is 12.7. The highest BCUT2D eigenvalue weighted by atomic mass is 32.1. The third kappa shape index (κ3) is 5.84. The van der Waals surface area contributed by atoms with Gasteiger partial charge in [0.1, 0.15) is 5.82 Å². The first kappa shape index (κ1) is 23.4. The molecule has 6 heteroatoms. The maximum Gasteiger partial charge on any atom is 0.231 e. The molecule has 0 unspecified atom stereocenters. The second-order valence-corrected chi connectivity index (χ2v) is 9.54. The predicted molar refractivity (Wildman–Crippen MR) is 143 cm³/mol. The highest BCUT2D eigenvalue weighted by Gasteiger charge is 2.17. The molecule has 0 atom stereocenters. The molecule has 1 aliphatic heterocycles. The van der Waals surface area contributed by atoms with Gasteiger partial charge in [-0.3, -0.25) is 4.90 Å². The van der Waals surface area contributed by atoms with Crippen LogP contribution in [0.2, 0.25) is 0 Å². The number of ether oxygens (including phenoxy) is 2. The average Bonchev–Trinajstić information content (AvgIpc) is 3.64. The lowest BCUT2D eigenvalue weighted by Gasteiger charge is -2.22. The first-order valence-electron chi connectivity index (χ1n) is 12.2. The van der Waals surface area contributed by atoms with E-state index in [0.717, 1.165) is 61.9 Å². The quantitative estimate of drug-likeness (QED) is 0.233. The minimum Gasteiger partial charge on any atom is -0.454 e. The smallest absolute Gasteiger partial charge is 0.231 e. The van der Waals surface area contributed by atoms with E-state index >= 15 is 0 Å². The Morgan fingerprint density at radius 1 is 1.06 bits per heavy atom. The lowest BCUT2D eigenvalue weighted by molar-refractivity contribution is 0.174. The molecular weight excluding hydrogens is 454 g/mol. The fourth-order valence-electron chi connectivity index (χ4n) is 4.34. The van der Waals surface area contributed by atoms with E-state index in [1.165, 1.54) is 16.8 Å². The van der Waals surface area contributed by atoms with Crippen LogP contribution in [0.3, 0.4) is 0 Å². The fourth-order valence-corrected chi connectivity index (χ4v) is 4.97. The van der Waals surface area contributed by atoms with Gasteiger partial charge in [0.2, 0.25) is 6.79 Å². The van der Waals surface area contributed by atoms with Crippen molar-refractivity contribution in [3.05, 3.63) is 94.5 Å². The number of unbranched alkanes of at least 4 members (excludes halogenated alkanes) is 1. The van der Waals surface area contributed by atoms with Crippen molar-refractivity contribution < 1.29 is 9.47 Å². The van der Waals surface area contributed by atoms with Crippen LogP contribution in [0.25, 0.3) is 17.5 Å². The number of hydrogen-bond acceptors (Lipinski definition) is 5. The van der Waals surface area contributed by atoms with E-state index in [4.69, 9.17) is 14.5 Å². The number of rotatable bonds is 11. The van der Waals surface area contributed by atoms with Crippen LogP contribution in [0.15, 0.2) is 77.6 Å². The topological polar surface area (TPSA) is 39.5 Å². The van der Waals surface area contributed by atoms with E-state index in [1.54, 1.807) is 11.3 Å². The lowest BCUT2D eigenvalue weighted by Crippen LogP contribution is -2.24. The third-order valence-electron chi connectivity index (χ3n) is 6.15. The molecule has 0 spiro atoms. The van der Waals surface area contributed by atoms with Gasteiger partial charge in [-0.15, -0.1) is 0 Å². The van der Waals surface area contributed by atoms with Crippen molar-refractivity contribution in [3.8, 4) is 22.9 Å². The summed E-state index contributed by atoms with van der Waals surface area (Å²) in [5, 5.41) is 4.28. The Morgan fingerprint density at radius 3 is 2.77 bits per heavy atom. The highest BCUT2D eigenvalue weighted by Crippen LogP contribution is 2.33. The van der Waals surface area contributed by atoms with Crippen LogP contribution in [0.1, 0.15) is 36.6 Å².